The lowest BCUT2D eigenvalue weighted by atomic mass is 10.4. The predicted octanol–water partition coefficient (Wildman–Crippen LogP) is 3.22. The van der Waals surface area contributed by atoms with E-state index in [1.54, 1.807) is 0 Å². The first-order chi connectivity index (χ1) is 6.12. The van der Waals surface area contributed by atoms with Crippen LogP contribution in [0, 0.1) is 12.3 Å². The van der Waals surface area contributed by atoms with Crippen molar-refractivity contribution in [3.8, 4) is 12.3 Å². The van der Waals surface area contributed by atoms with Crippen molar-refractivity contribution in [1.82, 2.24) is 0 Å². The Labute approximate surface area is 89.6 Å². The zero-order valence-electron chi connectivity index (χ0n) is 9.14. The van der Waals surface area contributed by atoms with E-state index in [4.69, 9.17) is 6.42 Å². The lowest BCUT2D eigenvalue weighted by Gasteiger charge is -2.30. The molecular weight excluding hydrogens is 196 g/mol. The van der Waals surface area contributed by atoms with Crippen molar-refractivity contribution in [1.29, 1.82) is 0 Å². The van der Waals surface area contributed by atoms with E-state index in [9.17, 15) is 0 Å². The van der Waals surface area contributed by atoms with Crippen molar-refractivity contribution >= 4 is 21.8 Å². The predicted molar refractivity (Wildman–Crippen MR) is 70.2 cm³/mol. The molecule has 0 N–H and O–H groups in total. The van der Waals surface area contributed by atoms with Crippen molar-refractivity contribution < 1.29 is 0 Å². The van der Waals surface area contributed by atoms with Crippen LogP contribution in [-0.2, 0) is 0 Å². The van der Waals surface area contributed by atoms with Crippen LogP contribution < -0.4 is 0 Å². The molecule has 0 radical (unpaired) electrons. The number of terminal acetylenes is 1. The second-order valence-corrected chi connectivity index (χ2v) is 9.17. The van der Waals surface area contributed by atoms with Gasteiger partial charge in [0.15, 0.2) is 0 Å². The molecule has 0 aromatic carbocycles. The summed E-state index contributed by atoms with van der Waals surface area (Å²) < 4.78 is 0. The molecule has 0 heterocycles. The molecule has 0 unspecified atom stereocenters. The minimum atomic E-state index is -0.335. The van der Waals surface area contributed by atoms with Crippen LogP contribution in [0.4, 0.5) is 0 Å². The van der Waals surface area contributed by atoms with Gasteiger partial charge in [0.05, 0.1) is 0 Å². The van der Waals surface area contributed by atoms with Crippen molar-refractivity contribution in [2.45, 2.75) is 19.3 Å². The summed E-state index contributed by atoms with van der Waals surface area (Å²) in [6.45, 7) is 0. The Hall–Kier alpha value is 0.260. The molecule has 0 aromatic heterocycles. The van der Waals surface area contributed by atoms with E-state index in [0.29, 0.717) is 0 Å². The summed E-state index contributed by atoms with van der Waals surface area (Å²) in [4.78, 5) is 0. The van der Waals surface area contributed by atoms with Gasteiger partial charge in [0, 0.05) is 6.42 Å². The van der Waals surface area contributed by atoms with Crippen LogP contribution in [0.25, 0.3) is 0 Å². The molecule has 0 bridgehead atoms. The van der Waals surface area contributed by atoms with Gasteiger partial charge >= 0.3 is 0 Å². The fourth-order valence-electron chi connectivity index (χ4n) is 1.26. The highest BCUT2D eigenvalue weighted by atomic mass is 32.3. The molecule has 78 valence electrons. The van der Waals surface area contributed by atoms with E-state index in [1.165, 1.54) is 30.1 Å². The maximum Gasteiger partial charge on any atom is 0.00933 e. The van der Waals surface area contributed by atoms with E-state index in [2.05, 4.69) is 24.7 Å². The van der Waals surface area contributed by atoms with E-state index in [1.807, 2.05) is 11.8 Å². The maximum atomic E-state index is 5.24. The number of thioether (sulfide) groups is 1. The molecule has 0 saturated carbocycles. The van der Waals surface area contributed by atoms with Gasteiger partial charge in [0.1, 0.15) is 0 Å². The highest BCUT2D eigenvalue weighted by Crippen LogP contribution is 2.41. The minimum absolute atomic E-state index is 0.335. The molecule has 0 atom stereocenters. The van der Waals surface area contributed by atoms with Gasteiger partial charge in [-0.2, -0.15) is 11.8 Å². The summed E-state index contributed by atoms with van der Waals surface area (Å²) in [5.74, 6) is 6.80. The molecule has 0 rings (SSSR count). The first kappa shape index (κ1) is 13.3. The molecule has 0 spiro atoms. The summed E-state index contributed by atoms with van der Waals surface area (Å²) in [5, 5.41) is 0. The second-order valence-electron chi connectivity index (χ2n) is 3.83. The van der Waals surface area contributed by atoms with Crippen molar-refractivity contribution in [2.75, 3.05) is 36.0 Å². The molecule has 13 heavy (non-hydrogen) atoms. The van der Waals surface area contributed by atoms with Crippen LogP contribution >= 0.6 is 21.8 Å². The van der Waals surface area contributed by atoms with Gasteiger partial charge in [0.2, 0.25) is 0 Å². The molecule has 0 aliphatic heterocycles. The third kappa shape index (κ3) is 8.59. The molecule has 0 amide bonds. The molecule has 0 aliphatic rings. The number of unbranched alkanes of at least 4 members (excludes halogenated alkanes) is 1. The first-order valence-electron chi connectivity index (χ1n) is 4.73. The van der Waals surface area contributed by atoms with Crippen LogP contribution in [0.5, 0.6) is 0 Å². The monoisotopic (exact) mass is 218 g/mol. The van der Waals surface area contributed by atoms with Gasteiger partial charge in [-0.25, -0.2) is 10.0 Å². The Kier molecular flexibility index (Phi) is 7.80. The lowest BCUT2D eigenvalue weighted by molar-refractivity contribution is 0.984. The van der Waals surface area contributed by atoms with Crippen LogP contribution in [-0.4, -0.2) is 36.0 Å². The Balaban J connectivity index is 3.49. The van der Waals surface area contributed by atoms with Crippen LogP contribution in [0.1, 0.15) is 19.3 Å². The average Bonchev–Trinajstić information content (AvgIpc) is 2.05. The Morgan fingerprint density at radius 3 is 2.38 bits per heavy atom. The Morgan fingerprint density at radius 2 is 1.85 bits per heavy atom. The van der Waals surface area contributed by atoms with Gasteiger partial charge in [-0.1, -0.05) is 0 Å². The fourth-order valence-corrected chi connectivity index (χ4v) is 3.93. The number of hydrogen-bond acceptors (Lipinski definition) is 1. The van der Waals surface area contributed by atoms with E-state index >= 15 is 0 Å². The third-order valence-corrected chi connectivity index (χ3v) is 5.55. The van der Waals surface area contributed by atoms with Crippen molar-refractivity contribution in [3.63, 3.8) is 0 Å². The molecule has 0 aromatic rings. The van der Waals surface area contributed by atoms with Crippen LogP contribution in [0.2, 0.25) is 0 Å². The van der Waals surface area contributed by atoms with Gasteiger partial charge in [-0.3, -0.25) is 0 Å². The maximum absolute atomic E-state index is 5.24. The largest absolute Gasteiger partial charge is 0.247 e. The fraction of sp³-hybridized carbons (Fsp3) is 0.818. The van der Waals surface area contributed by atoms with Gasteiger partial charge in [0.25, 0.3) is 0 Å². The van der Waals surface area contributed by atoms with Crippen LogP contribution in [0.3, 0.4) is 0 Å². The summed E-state index contributed by atoms with van der Waals surface area (Å²) in [6, 6.07) is 0. The van der Waals surface area contributed by atoms with Gasteiger partial charge in [-0.05, 0) is 48.9 Å². The van der Waals surface area contributed by atoms with Crippen LogP contribution in [0.15, 0.2) is 0 Å². The smallest absolute Gasteiger partial charge is 0.00933 e. The zero-order chi connectivity index (χ0) is 10.2. The molecule has 0 aliphatic carbocycles. The summed E-state index contributed by atoms with van der Waals surface area (Å²) in [5.41, 5.74) is 0. The summed E-state index contributed by atoms with van der Waals surface area (Å²) in [6.07, 6.45) is 15.8. The highest BCUT2D eigenvalue weighted by Gasteiger charge is 2.09. The topological polar surface area (TPSA) is 0 Å². The van der Waals surface area contributed by atoms with Crippen molar-refractivity contribution in [2.24, 2.45) is 0 Å². The molecule has 0 fully saturated rings. The highest BCUT2D eigenvalue weighted by molar-refractivity contribution is 8.32. The lowest BCUT2D eigenvalue weighted by Crippen LogP contribution is -2.06. The minimum Gasteiger partial charge on any atom is -0.247 e. The molecule has 2 heteroatoms. The second kappa shape index (κ2) is 7.64. The quantitative estimate of drug-likeness (QED) is 0.467. The van der Waals surface area contributed by atoms with E-state index in [-0.39, 0.29) is 10.0 Å². The molecular formula is C11H22S2. The molecule has 0 nitrogen and oxygen atoms in total. The van der Waals surface area contributed by atoms with Gasteiger partial charge in [-0.15, -0.1) is 12.3 Å². The van der Waals surface area contributed by atoms with Gasteiger partial charge < -0.3 is 0 Å². The third-order valence-electron chi connectivity index (χ3n) is 2.06. The Bertz CT molecular complexity index is 156. The number of hydrogen-bond donors (Lipinski definition) is 0. The SMILES string of the molecule is C#CCCCS(C)(C)CCCSC. The normalized spacial score (nSPS) is 12.5. The van der Waals surface area contributed by atoms with E-state index < -0.39 is 0 Å². The Morgan fingerprint density at radius 1 is 1.23 bits per heavy atom. The summed E-state index contributed by atoms with van der Waals surface area (Å²) >= 11 is 1.95. The standard InChI is InChI=1S/C11H22S2/c1-5-6-7-10-13(3,4)11-8-9-12-2/h1H,6-11H2,2-4H3. The van der Waals surface area contributed by atoms with E-state index in [0.717, 1.165) is 6.42 Å². The number of rotatable bonds is 7. The summed E-state index contributed by atoms with van der Waals surface area (Å²) in [7, 11) is -0.335. The zero-order valence-corrected chi connectivity index (χ0v) is 10.8. The average molecular weight is 218 g/mol. The molecule has 0 saturated heterocycles. The first-order valence-corrected chi connectivity index (χ1v) is 8.91. The van der Waals surface area contributed by atoms with Crippen molar-refractivity contribution in [3.05, 3.63) is 0 Å².